The van der Waals surface area contributed by atoms with Crippen LogP contribution in [0.2, 0.25) is 0 Å². The fourth-order valence-corrected chi connectivity index (χ4v) is 2.93. The molecule has 0 aliphatic heterocycles. The summed E-state index contributed by atoms with van der Waals surface area (Å²) in [6.07, 6.45) is 11.7. The summed E-state index contributed by atoms with van der Waals surface area (Å²) in [5.41, 5.74) is 1.29. The van der Waals surface area contributed by atoms with Crippen molar-refractivity contribution in [2.45, 2.75) is 44.6 Å². The quantitative estimate of drug-likeness (QED) is 0.835. The van der Waals surface area contributed by atoms with E-state index in [4.69, 9.17) is 0 Å². The molecule has 0 aromatic carbocycles. The van der Waals surface area contributed by atoms with Crippen molar-refractivity contribution in [1.82, 2.24) is 14.7 Å². The Morgan fingerprint density at radius 2 is 2.11 bits per heavy atom. The van der Waals surface area contributed by atoms with Crippen molar-refractivity contribution in [2.24, 2.45) is 7.05 Å². The second kappa shape index (κ2) is 6.90. The number of hydrogen-bond donors (Lipinski definition) is 1. The van der Waals surface area contributed by atoms with Crippen LogP contribution in [-0.4, -0.2) is 45.5 Å². The maximum atomic E-state index is 9.21. The first-order valence-electron chi connectivity index (χ1n) is 7.12. The smallest absolute Gasteiger partial charge is 0.0558 e. The summed E-state index contributed by atoms with van der Waals surface area (Å²) in [6, 6.07) is 0.683. The summed E-state index contributed by atoms with van der Waals surface area (Å²) in [4.78, 5) is 2.46. The summed E-state index contributed by atoms with van der Waals surface area (Å²) < 4.78 is 1.85. The van der Waals surface area contributed by atoms with Crippen molar-refractivity contribution < 1.29 is 5.11 Å². The van der Waals surface area contributed by atoms with Crippen LogP contribution < -0.4 is 0 Å². The average molecular weight is 251 g/mol. The largest absolute Gasteiger partial charge is 0.395 e. The van der Waals surface area contributed by atoms with E-state index >= 15 is 0 Å². The average Bonchev–Trinajstić information content (AvgIpc) is 2.81. The summed E-state index contributed by atoms with van der Waals surface area (Å²) in [7, 11) is 1.95. The molecule has 1 N–H and O–H groups in total. The number of nitrogens with zero attached hydrogens (tertiary/aromatic N) is 3. The summed E-state index contributed by atoms with van der Waals surface area (Å²) >= 11 is 0. The van der Waals surface area contributed by atoms with Crippen molar-refractivity contribution >= 4 is 0 Å². The highest BCUT2D eigenvalue weighted by Gasteiger charge is 2.20. The van der Waals surface area contributed by atoms with Gasteiger partial charge in [0.05, 0.1) is 12.8 Å². The Hall–Kier alpha value is -0.870. The third-order valence-corrected chi connectivity index (χ3v) is 3.92. The fourth-order valence-electron chi connectivity index (χ4n) is 2.93. The topological polar surface area (TPSA) is 41.3 Å². The van der Waals surface area contributed by atoms with Gasteiger partial charge >= 0.3 is 0 Å². The highest BCUT2D eigenvalue weighted by molar-refractivity contribution is 5.04. The molecule has 0 amide bonds. The number of rotatable bonds is 6. The second-order valence-electron chi connectivity index (χ2n) is 5.32. The third-order valence-electron chi connectivity index (χ3n) is 3.92. The zero-order valence-corrected chi connectivity index (χ0v) is 11.4. The van der Waals surface area contributed by atoms with E-state index in [0.717, 1.165) is 19.5 Å². The number of aliphatic hydroxyl groups excluding tert-OH is 1. The Bertz CT molecular complexity index is 345. The molecule has 102 valence electrons. The fraction of sp³-hybridized carbons (Fsp3) is 0.786. The van der Waals surface area contributed by atoms with Gasteiger partial charge in [-0.25, -0.2) is 0 Å². The van der Waals surface area contributed by atoms with Gasteiger partial charge in [0.25, 0.3) is 0 Å². The lowest BCUT2D eigenvalue weighted by Gasteiger charge is -2.33. The van der Waals surface area contributed by atoms with Gasteiger partial charge in [-0.2, -0.15) is 5.10 Å². The molecular formula is C14H25N3O. The van der Waals surface area contributed by atoms with E-state index in [-0.39, 0.29) is 6.61 Å². The van der Waals surface area contributed by atoms with Gasteiger partial charge in [-0.3, -0.25) is 9.58 Å². The molecule has 1 aliphatic carbocycles. The van der Waals surface area contributed by atoms with Gasteiger partial charge in [0.1, 0.15) is 0 Å². The Balaban J connectivity index is 1.85. The molecule has 0 radical (unpaired) electrons. The van der Waals surface area contributed by atoms with Crippen LogP contribution in [0.5, 0.6) is 0 Å². The molecule has 4 nitrogen and oxygen atoms in total. The molecule has 0 unspecified atom stereocenters. The monoisotopic (exact) mass is 251 g/mol. The van der Waals surface area contributed by atoms with Crippen LogP contribution in [0, 0.1) is 0 Å². The Kier molecular flexibility index (Phi) is 5.20. The van der Waals surface area contributed by atoms with Crippen molar-refractivity contribution in [3.05, 3.63) is 18.0 Å². The first kappa shape index (κ1) is 13.6. The van der Waals surface area contributed by atoms with Crippen molar-refractivity contribution in [3.8, 4) is 0 Å². The zero-order valence-electron chi connectivity index (χ0n) is 11.4. The summed E-state index contributed by atoms with van der Waals surface area (Å²) in [6.45, 7) is 2.12. The molecule has 0 atom stereocenters. The van der Waals surface area contributed by atoms with Gasteiger partial charge in [-0.05, 0) is 24.8 Å². The molecule has 1 fully saturated rings. The van der Waals surface area contributed by atoms with Crippen molar-refractivity contribution in [3.63, 3.8) is 0 Å². The molecule has 2 rings (SSSR count). The predicted octanol–water partition coefficient (Wildman–Crippen LogP) is 1.59. The van der Waals surface area contributed by atoms with Crippen LogP contribution >= 0.6 is 0 Å². The van der Waals surface area contributed by atoms with Gasteiger partial charge < -0.3 is 5.11 Å². The standard InChI is InChI=1S/C14H25N3O/c1-16-12-13(11-15-16)7-8-17(9-10-18)14-5-3-2-4-6-14/h11-12,14,18H,2-10H2,1H3. The van der Waals surface area contributed by atoms with E-state index in [1.807, 2.05) is 17.9 Å². The highest BCUT2D eigenvalue weighted by atomic mass is 16.3. The van der Waals surface area contributed by atoms with Crippen LogP contribution in [0.4, 0.5) is 0 Å². The lowest BCUT2D eigenvalue weighted by molar-refractivity contribution is 0.125. The molecule has 1 aromatic heterocycles. The minimum Gasteiger partial charge on any atom is -0.395 e. The lowest BCUT2D eigenvalue weighted by Crippen LogP contribution is -2.40. The van der Waals surface area contributed by atoms with Crippen molar-refractivity contribution in [1.29, 1.82) is 0 Å². The van der Waals surface area contributed by atoms with Gasteiger partial charge in [0.2, 0.25) is 0 Å². The van der Waals surface area contributed by atoms with E-state index in [2.05, 4.69) is 16.2 Å². The minimum absolute atomic E-state index is 0.267. The second-order valence-corrected chi connectivity index (χ2v) is 5.32. The van der Waals surface area contributed by atoms with Gasteiger partial charge in [-0.15, -0.1) is 0 Å². The molecule has 0 bridgehead atoms. The van der Waals surface area contributed by atoms with Crippen LogP contribution in [0.25, 0.3) is 0 Å². The lowest BCUT2D eigenvalue weighted by atomic mass is 9.94. The zero-order chi connectivity index (χ0) is 12.8. The number of hydrogen-bond acceptors (Lipinski definition) is 3. The normalized spacial score (nSPS) is 17.5. The summed E-state index contributed by atoms with van der Waals surface area (Å²) in [5, 5.41) is 13.4. The highest BCUT2D eigenvalue weighted by Crippen LogP contribution is 2.22. The number of aryl methyl sites for hydroxylation is 1. The molecule has 0 spiro atoms. The van der Waals surface area contributed by atoms with Crippen LogP contribution in [-0.2, 0) is 13.5 Å². The van der Waals surface area contributed by atoms with E-state index in [1.54, 1.807) is 0 Å². The first-order valence-corrected chi connectivity index (χ1v) is 7.12. The van der Waals surface area contributed by atoms with E-state index < -0.39 is 0 Å². The van der Waals surface area contributed by atoms with Gasteiger partial charge in [0, 0.05) is 32.4 Å². The molecule has 1 aromatic rings. The molecule has 4 heteroatoms. The van der Waals surface area contributed by atoms with Crippen LogP contribution in [0.1, 0.15) is 37.7 Å². The SMILES string of the molecule is Cn1cc(CCN(CCO)C2CCCCC2)cn1. The minimum atomic E-state index is 0.267. The Morgan fingerprint density at radius 3 is 2.72 bits per heavy atom. The number of aromatic nitrogens is 2. The van der Waals surface area contributed by atoms with Crippen LogP contribution in [0.15, 0.2) is 12.4 Å². The first-order chi connectivity index (χ1) is 8.79. The van der Waals surface area contributed by atoms with Crippen molar-refractivity contribution in [2.75, 3.05) is 19.7 Å². The van der Waals surface area contributed by atoms with Crippen LogP contribution in [0.3, 0.4) is 0 Å². The predicted molar refractivity (Wildman–Crippen MR) is 72.4 cm³/mol. The van der Waals surface area contributed by atoms with Gasteiger partial charge in [-0.1, -0.05) is 19.3 Å². The molecular weight excluding hydrogens is 226 g/mol. The Morgan fingerprint density at radius 1 is 1.33 bits per heavy atom. The molecule has 1 saturated carbocycles. The molecule has 18 heavy (non-hydrogen) atoms. The molecule has 1 aliphatic rings. The van der Waals surface area contributed by atoms with E-state index in [9.17, 15) is 5.11 Å². The van der Waals surface area contributed by atoms with Gasteiger partial charge in [0.15, 0.2) is 0 Å². The maximum absolute atomic E-state index is 9.21. The molecule has 0 saturated heterocycles. The number of aliphatic hydroxyl groups is 1. The maximum Gasteiger partial charge on any atom is 0.0558 e. The Labute approximate surface area is 110 Å². The summed E-state index contributed by atoms with van der Waals surface area (Å²) in [5.74, 6) is 0. The van der Waals surface area contributed by atoms with E-state index in [1.165, 1.54) is 37.7 Å². The van der Waals surface area contributed by atoms with E-state index in [0.29, 0.717) is 6.04 Å². The third kappa shape index (κ3) is 3.82. The molecule has 1 heterocycles.